The Morgan fingerprint density at radius 2 is 2.04 bits per heavy atom. The fourth-order valence-electron chi connectivity index (χ4n) is 3.47. The Labute approximate surface area is 167 Å². The van der Waals surface area contributed by atoms with Crippen molar-refractivity contribution >= 4 is 23.2 Å². The molecule has 28 heavy (non-hydrogen) atoms. The van der Waals surface area contributed by atoms with E-state index in [1.807, 2.05) is 35.7 Å². The highest BCUT2D eigenvalue weighted by Gasteiger charge is 2.30. The van der Waals surface area contributed by atoms with Gasteiger partial charge in [-0.2, -0.15) is 0 Å². The number of nitrogens with zero attached hydrogens (tertiary/aromatic N) is 2. The largest absolute Gasteiger partial charge is 0.472 e. The van der Waals surface area contributed by atoms with Gasteiger partial charge in [-0.15, -0.1) is 11.3 Å². The van der Waals surface area contributed by atoms with Crippen LogP contribution in [-0.4, -0.2) is 34.8 Å². The molecule has 1 fully saturated rings. The molecule has 0 bridgehead atoms. The van der Waals surface area contributed by atoms with Crippen molar-refractivity contribution < 1.29 is 14.0 Å². The van der Waals surface area contributed by atoms with E-state index in [1.54, 1.807) is 28.5 Å². The lowest BCUT2D eigenvalue weighted by Gasteiger charge is -2.32. The molecule has 3 aromatic rings. The molecule has 1 aliphatic rings. The van der Waals surface area contributed by atoms with Crippen LogP contribution in [0, 0.1) is 5.92 Å². The van der Waals surface area contributed by atoms with Crippen molar-refractivity contribution in [2.75, 3.05) is 13.1 Å². The van der Waals surface area contributed by atoms with Crippen LogP contribution in [0.15, 0.2) is 64.9 Å². The number of amides is 2. The minimum Gasteiger partial charge on any atom is -0.472 e. The Kier molecular flexibility index (Phi) is 5.53. The molecule has 1 N–H and O–H groups in total. The van der Waals surface area contributed by atoms with E-state index in [-0.39, 0.29) is 23.8 Å². The molecule has 4 rings (SSSR count). The highest BCUT2D eigenvalue weighted by atomic mass is 32.1. The quantitative estimate of drug-likeness (QED) is 0.717. The Hall–Kier alpha value is -2.93. The van der Waals surface area contributed by atoms with Crippen molar-refractivity contribution in [3.63, 3.8) is 0 Å². The number of hydrogen-bond donors (Lipinski definition) is 1. The van der Waals surface area contributed by atoms with Gasteiger partial charge in [-0.25, -0.2) is 0 Å². The molecule has 1 atom stereocenters. The number of carbonyl (C=O) groups excluding carboxylic acids is 2. The van der Waals surface area contributed by atoms with E-state index in [0.717, 1.165) is 10.6 Å². The van der Waals surface area contributed by atoms with Crippen LogP contribution >= 0.6 is 11.3 Å². The molecule has 0 aliphatic carbocycles. The second-order valence-electron chi connectivity index (χ2n) is 6.79. The first kappa shape index (κ1) is 18.4. The monoisotopic (exact) mass is 395 g/mol. The summed E-state index contributed by atoms with van der Waals surface area (Å²) in [4.78, 5) is 32.6. The smallest absolute Gasteiger partial charge is 0.257 e. The van der Waals surface area contributed by atoms with Crippen LogP contribution in [0.4, 0.5) is 0 Å². The van der Waals surface area contributed by atoms with Gasteiger partial charge in [0.25, 0.3) is 5.91 Å². The minimum absolute atomic E-state index is 0.0134. The molecule has 6 nitrogen and oxygen atoms in total. The van der Waals surface area contributed by atoms with Gasteiger partial charge < -0.3 is 14.6 Å². The fourth-order valence-corrected chi connectivity index (χ4v) is 4.25. The second-order valence-corrected chi connectivity index (χ2v) is 7.77. The molecule has 1 aliphatic heterocycles. The molecule has 0 radical (unpaired) electrons. The maximum absolute atomic E-state index is 12.9. The highest BCUT2D eigenvalue weighted by Crippen LogP contribution is 2.26. The van der Waals surface area contributed by atoms with Crippen molar-refractivity contribution in [3.8, 4) is 0 Å². The predicted octanol–water partition coefficient (Wildman–Crippen LogP) is 3.49. The van der Waals surface area contributed by atoms with E-state index in [2.05, 4.69) is 10.3 Å². The summed E-state index contributed by atoms with van der Waals surface area (Å²) in [5, 5.41) is 5.16. The summed E-state index contributed by atoms with van der Waals surface area (Å²) in [6, 6.07) is 11.1. The lowest BCUT2D eigenvalue weighted by atomic mass is 9.95. The number of nitrogens with one attached hydrogen (secondary N) is 1. The molecule has 4 heterocycles. The highest BCUT2D eigenvalue weighted by molar-refractivity contribution is 7.10. The lowest BCUT2D eigenvalue weighted by Crippen LogP contribution is -2.43. The molecule has 0 saturated carbocycles. The van der Waals surface area contributed by atoms with Crippen molar-refractivity contribution in [1.82, 2.24) is 15.2 Å². The number of carbonyl (C=O) groups is 2. The van der Waals surface area contributed by atoms with Gasteiger partial charge in [0.2, 0.25) is 5.91 Å². The molecular weight excluding hydrogens is 374 g/mol. The topological polar surface area (TPSA) is 75.4 Å². The third kappa shape index (κ3) is 3.99. The van der Waals surface area contributed by atoms with E-state index >= 15 is 0 Å². The van der Waals surface area contributed by atoms with Crippen LogP contribution < -0.4 is 5.32 Å². The van der Waals surface area contributed by atoms with Crippen molar-refractivity contribution in [2.24, 2.45) is 5.92 Å². The van der Waals surface area contributed by atoms with Crippen LogP contribution in [0.5, 0.6) is 0 Å². The summed E-state index contributed by atoms with van der Waals surface area (Å²) in [7, 11) is 0. The number of piperidine rings is 1. The van der Waals surface area contributed by atoms with Gasteiger partial charge in [0.15, 0.2) is 0 Å². The van der Waals surface area contributed by atoms with Crippen molar-refractivity contribution in [3.05, 3.63) is 76.6 Å². The van der Waals surface area contributed by atoms with Crippen molar-refractivity contribution in [2.45, 2.75) is 18.9 Å². The molecule has 3 aromatic heterocycles. The van der Waals surface area contributed by atoms with Gasteiger partial charge in [-0.05, 0) is 42.5 Å². The summed E-state index contributed by atoms with van der Waals surface area (Å²) in [6.45, 7) is 1.13. The Morgan fingerprint density at radius 1 is 1.18 bits per heavy atom. The first-order valence-corrected chi connectivity index (χ1v) is 10.2. The van der Waals surface area contributed by atoms with Gasteiger partial charge in [0.05, 0.1) is 17.5 Å². The standard InChI is InChI=1S/C21H21N3O3S/c25-20(15-6-10-24(11-7-15)21(26)16-8-12-27-14-16)23-19(18-5-3-13-28-18)17-4-1-2-9-22-17/h1-5,8-9,12-15,19H,6-7,10-11H2,(H,23,25). The van der Waals surface area contributed by atoms with Crippen LogP contribution in [0.3, 0.4) is 0 Å². The molecule has 7 heteroatoms. The van der Waals surface area contributed by atoms with Crippen LogP contribution in [0.1, 0.15) is 39.8 Å². The zero-order valence-corrected chi connectivity index (χ0v) is 16.1. The minimum atomic E-state index is -0.251. The second kappa shape index (κ2) is 8.39. The van der Waals surface area contributed by atoms with Crippen LogP contribution in [0.2, 0.25) is 0 Å². The number of pyridine rings is 1. The maximum atomic E-state index is 12.9. The fraction of sp³-hybridized carbons (Fsp3) is 0.286. The number of rotatable bonds is 5. The van der Waals surface area contributed by atoms with E-state index in [1.165, 1.54) is 12.5 Å². The molecule has 144 valence electrons. The predicted molar refractivity (Wildman–Crippen MR) is 106 cm³/mol. The van der Waals surface area contributed by atoms with E-state index in [9.17, 15) is 9.59 Å². The zero-order valence-electron chi connectivity index (χ0n) is 15.3. The molecule has 0 aromatic carbocycles. The molecule has 1 unspecified atom stereocenters. The molecular formula is C21H21N3O3S. The Morgan fingerprint density at radius 3 is 2.68 bits per heavy atom. The number of hydrogen-bond acceptors (Lipinski definition) is 5. The molecule has 0 spiro atoms. The molecule has 1 saturated heterocycles. The number of thiophene rings is 1. The van der Waals surface area contributed by atoms with Gasteiger partial charge in [-0.3, -0.25) is 14.6 Å². The summed E-state index contributed by atoms with van der Waals surface area (Å²) in [5.74, 6) is -0.142. The van der Waals surface area contributed by atoms with E-state index in [0.29, 0.717) is 31.5 Å². The first-order chi connectivity index (χ1) is 13.7. The Balaban J connectivity index is 1.40. The summed E-state index contributed by atoms with van der Waals surface area (Å²) in [5.41, 5.74) is 1.38. The SMILES string of the molecule is O=C(NC(c1ccccn1)c1cccs1)C1CCN(C(=O)c2ccoc2)CC1. The average Bonchev–Trinajstić information content (AvgIpc) is 3.46. The van der Waals surface area contributed by atoms with Crippen LogP contribution in [0.25, 0.3) is 0 Å². The van der Waals surface area contributed by atoms with Gasteiger partial charge >= 0.3 is 0 Å². The zero-order chi connectivity index (χ0) is 19.3. The van der Waals surface area contributed by atoms with Gasteiger partial charge in [0.1, 0.15) is 12.3 Å². The summed E-state index contributed by atoms with van der Waals surface area (Å²) >= 11 is 1.60. The normalized spacial score (nSPS) is 15.9. The van der Waals surface area contributed by atoms with Gasteiger partial charge in [-0.1, -0.05) is 12.1 Å². The Bertz CT molecular complexity index is 902. The maximum Gasteiger partial charge on any atom is 0.257 e. The lowest BCUT2D eigenvalue weighted by molar-refractivity contribution is -0.126. The third-order valence-corrected chi connectivity index (χ3v) is 5.96. The van der Waals surface area contributed by atoms with Gasteiger partial charge in [0, 0.05) is 30.1 Å². The molecule has 2 amide bonds. The first-order valence-electron chi connectivity index (χ1n) is 9.28. The average molecular weight is 395 g/mol. The van der Waals surface area contributed by atoms with Crippen molar-refractivity contribution in [1.29, 1.82) is 0 Å². The summed E-state index contributed by atoms with van der Waals surface area (Å²) < 4.78 is 4.99. The number of likely N-dealkylation sites (tertiary alicyclic amines) is 1. The number of furan rings is 1. The van der Waals surface area contributed by atoms with E-state index in [4.69, 9.17) is 4.42 Å². The van der Waals surface area contributed by atoms with E-state index < -0.39 is 0 Å². The number of aromatic nitrogens is 1. The third-order valence-electron chi connectivity index (χ3n) is 5.02. The summed E-state index contributed by atoms with van der Waals surface area (Å²) in [6.07, 6.45) is 5.99. The van der Waals surface area contributed by atoms with Crippen LogP contribution in [-0.2, 0) is 4.79 Å².